The van der Waals surface area contributed by atoms with Gasteiger partial charge in [-0.1, -0.05) is 33.8 Å². The molecule has 302 valence electrons. The third kappa shape index (κ3) is 20.3. The Bertz CT molecular complexity index is 1250. The van der Waals surface area contributed by atoms with Crippen molar-refractivity contribution in [3.05, 3.63) is 24.3 Å². The largest absolute Gasteiger partial charge is 0.462 e. The summed E-state index contributed by atoms with van der Waals surface area (Å²) in [7, 11) is 0. The number of aliphatic hydroxyl groups is 2. The molecule has 1 heterocycles. The molecular formula is C41H66O12. The van der Waals surface area contributed by atoms with Gasteiger partial charge in [0, 0.05) is 64.7 Å². The van der Waals surface area contributed by atoms with Crippen LogP contribution in [0.15, 0.2) is 24.3 Å². The number of rotatable bonds is 3. The van der Waals surface area contributed by atoms with Crippen molar-refractivity contribution in [3.8, 4) is 0 Å². The Labute approximate surface area is 316 Å². The van der Waals surface area contributed by atoms with Gasteiger partial charge in [0.15, 0.2) is 17.4 Å². The highest BCUT2D eigenvalue weighted by atomic mass is 16.8. The lowest BCUT2D eigenvalue weighted by atomic mass is 10.1. The third-order valence-corrected chi connectivity index (χ3v) is 9.61. The van der Waals surface area contributed by atoms with Crippen LogP contribution in [0.1, 0.15) is 133 Å². The predicted molar refractivity (Wildman–Crippen MR) is 199 cm³/mol. The monoisotopic (exact) mass is 750 g/mol. The fourth-order valence-electron chi connectivity index (χ4n) is 6.25. The second-order valence-corrected chi connectivity index (χ2v) is 15.5. The van der Waals surface area contributed by atoms with E-state index >= 15 is 0 Å². The first kappa shape index (κ1) is 48.0. The number of Topliss-reactive ketones (excluding diaryl/α,β-unsaturated/α-hetero) is 2. The van der Waals surface area contributed by atoms with Gasteiger partial charge in [-0.15, -0.1) is 0 Å². The van der Waals surface area contributed by atoms with Gasteiger partial charge >= 0.3 is 11.9 Å². The minimum atomic E-state index is -0.593. The predicted octanol–water partition coefficient (Wildman–Crippen LogP) is 5.97. The van der Waals surface area contributed by atoms with Crippen LogP contribution < -0.4 is 0 Å². The number of ether oxygens (including phenoxy) is 4. The minimum absolute atomic E-state index is 0.0197. The summed E-state index contributed by atoms with van der Waals surface area (Å²) in [6, 6.07) is 0. The molecule has 0 aromatic carbocycles. The first-order valence-corrected chi connectivity index (χ1v) is 19.1. The van der Waals surface area contributed by atoms with Crippen LogP contribution in [0.25, 0.3) is 0 Å². The van der Waals surface area contributed by atoms with Gasteiger partial charge < -0.3 is 29.2 Å². The van der Waals surface area contributed by atoms with Crippen LogP contribution >= 0.6 is 0 Å². The Morgan fingerprint density at radius 1 is 0.717 bits per heavy atom. The summed E-state index contributed by atoms with van der Waals surface area (Å²) in [6.45, 7) is 18.4. The van der Waals surface area contributed by atoms with E-state index in [0.717, 1.165) is 44.4 Å². The Morgan fingerprint density at radius 3 is 1.55 bits per heavy atom. The highest BCUT2D eigenvalue weighted by Gasteiger charge is 2.47. The Hall–Kier alpha value is -3.06. The lowest BCUT2D eigenvalue weighted by molar-refractivity contribution is -0.168. The number of allylic oxidation sites excluding steroid dienone is 3. The van der Waals surface area contributed by atoms with Gasteiger partial charge in [-0.25, -0.2) is 0 Å². The zero-order valence-electron chi connectivity index (χ0n) is 33.6. The van der Waals surface area contributed by atoms with Crippen molar-refractivity contribution in [1.82, 2.24) is 0 Å². The van der Waals surface area contributed by atoms with E-state index in [4.69, 9.17) is 29.2 Å². The van der Waals surface area contributed by atoms with Crippen LogP contribution in [0.4, 0.5) is 0 Å². The van der Waals surface area contributed by atoms with E-state index in [1.54, 1.807) is 26.0 Å². The van der Waals surface area contributed by atoms with Crippen LogP contribution in [0, 0.1) is 23.7 Å². The summed E-state index contributed by atoms with van der Waals surface area (Å²) in [6.07, 6.45) is 13.7. The van der Waals surface area contributed by atoms with Crippen LogP contribution in [-0.4, -0.2) is 87.7 Å². The molecule has 0 aromatic rings. The molecule has 10 atom stereocenters. The normalized spacial score (nSPS) is 31.4. The van der Waals surface area contributed by atoms with Crippen molar-refractivity contribution >= 4 is 35.1 Å². The molecule has 12 heteroatoms. The Kier molecular flexibility index (Phi) is 21.4. The summed E-state index contributed by atoms with van der Waals surface area (Å²) in [5.41, 5.74) is 0. The molecule has 1 aliphatic heterocycles. The summed E-state index contributed by atoms with van der Waals surface area (Å²) in [5, 5.41) is 16.8. The van der Waals surface area contributed by atoms with Gasteiger partial charge in [-0.3, -0.25) is 28.8 Å². The first-order valence-electron chi connectivity index (χ1n) is 19.1. The van der Waals surface area contributed by atoms with Crippen LogP contribution in [0.3, 0.4) is 0 Å². The zero-order valence-corrected chi connectivity index (χ0v) is 33.6. The molecule has 1 saturated heterocycles. The SMILES string of the molecule is CC(=O)O[C@@H]1CC(=O)C[C@H]1C.CC(=O)O[C@H]1C=CC(=O)C1.C[C@@H](O)[C@@H](C)O.C[C@H]1C=CC(=O)C1.C[C@H]1CCC(=O)C1.C[C@H]1CCC2(C1)O[C@H](C)[C@@H](C)O2. The summed E-state index contributed by atoms with van der Waals surface area (Å²) < 4.78 is 21.4. The number of carbonyl (C=O) groups excluding carboxylic acids is 6. The van der Waals surface area contributed by atoms with E-state index in [-0.39, 0.29) is 65.4 Å². The average Bonchev–Trinajstić information content (AvgIpc) is 3.89. The van der Waals surface area contributed by atoms with E-state index in [0.29, 0.717) is 36.9 Å². The summed E-state index contributed by atoms with van der Waals surface area (Å²) in [4.78, 5) is 63.1. The van der Waals surface area contributed by atoms with Crippen molar-refractivity contribution in [2.24, 2.45) is 23.7 Å². The number of aliphatic hydroxyl groups excluding tert-OH is 2. The molecule has 0 bridgehead atoms. The maximum Gasteiger partial charge on any atom is 0.303 e. The van der Waals surface area contributed by atoms with Gasteiger partial charge in [-0.05, 0) is 76.5 Å². The van der Waals surface area contributed by atoms with Crippen LogP contribution in [-0.2, 0) is 47.7 Å². The minimum Gasteiger partial charge on any atom is -0.462 e. The Balaban J connectivity index is 0.000000324. The highest BCUT2D eigenvalue weighted by molar-refractivity contribution is 5.93. The molecule has 3 saturated carbocycles. The highest BCUT2D eigenvalue weighted by Crippen LogP contribution is 2.44. The van der Waals surface area contributed by atoms with Crippen molar-refractivity contribution in [3.63, 3.8) is 0 Å². The molecule has 2 N–H and O–H groups in total. The molecule has 0 aromatic heterocycles. The maximum absolute atomic E-state index is 10.9. The van der Waals surface area contributed by atoms with Crippen molar-refractivity contribution < 1.29 is 57.9 Å². The van der Waals surface area contributed by atoms with Crippen LogP contribution in [0.2, 0.25) is 0 Å². The fourth-order valence-corrected chi connectivity index (χ4v) is 6.25. The molecule has 12 nitrogen and oxygen atoms in total. The van der Waals surface area contributed by atoms with Gasteiger partial charge in [0.05, 0.1) is 30.8 Å². The number of esters is 2. The first-order chi connectivity index (χ1) is 24.6. The fraction of sp³-hybridized carbons (Fsp3) is 0.756. The van der Waals surface area contributed by atoms with Gasteiger partial charge in [0.2, 0.25) is 0 Å². The molecule has 6 aliphatic rings. The molecular weight excluding hydrogens is 684 g/mol. The molecule has 0 unspecified atom stereocenters. The molecule has 0 radical (unpaired) electrons. The summed E-state index contributed by atoms with van der Waals surface area (Å²) in [5.74, 6) is 2.24. The lowest BCUT2D eigenvalue weighted by Gasteiger charge is -2.22. The molecule has 6 rings (SSSR count). The van der Waals surface area contributed by atoms with E-state index in [1.807, 2.05) is 19.9 Å². The topological polar surface area (TPSA) is 180 Å². The zero-order chi connectivity index (χ0) is 40.5. The van der Waals surface area contributed by atoms with E-state index in [1.165, 1.54) is 26.3 Å². The van der Waals surface area contributed by atoms with E-state index in [2.05, 4.69) is 27.7 Å². The average molecular weight is 751 g/mol. The van der Waals surface area contributed by atoms with Crippen molar-refractivity contribution in [2.45, 2.75) is 176 Å². The van der Waals surface area contributed by atoms with E-state index in [9.17, 15) is 28.8 Å². The Morgan fingerprint density at radius 2 is 1.26 bits per heavy atom. The lowest BCUT2D eigenvalue weighted by Crippen LogP contribution is -2.26. The number of hydrogen-bond donors (Lipinski definition) is 2. The van der Waals surface area contributed by atoms with Crippen LogP contribution in [0.5, 0.6) is 0 Å². The quantitative estimate of drug-likeness (QED) is 0.324. The number of carbonyl (C=O) groups is 6. The van der Waals surface area contributed by atoms with E-state index < -0.39 is 12.2 Å². The standard InChI is InChI=1S/C10H18O2.C8H12O3.C7H8O3.C6H10O.C6H8O.C4H10O2/c1-7-4-5-10(6-7)11-8(2)9(3)12-10;1-5-3-7(10)4-8(5)11-6(2)9;1-5(8)10-7-3-2-6(9)4-7;2*1-5-2-3-6(7)4-5;1-3(5)4(2)6/h7-9H,4-6H2,1-3H3;5,8H,3-4H2,1-2H3;2-3,7H,4H2,1H3;5H,2-4H2,1H3;2-3,5H,4H2,1H3;3-6H,1-2H3/t7-,8+,9+;5-,8-;7-;2*5-;3-,4-/m010001/s1. The third-order valence-electron chi connectivity index (χ3n) is 9.61. The number of ketones is 4. The molecule has 53 heavy (non-hydrogen) atoms. The van der Waals surface area contributed by atoms with Gasteiger partial charge in [0.1, 0.15) is 23.8 Å². The maximum atomic E-state index is 10.9. The molecule has 1 spiro atoms. The molecule has 4 fully saturated rings. The van der Waals surface area contributed by atoms with Gasteiger partial charge in [0.25, 0.3) is 0 Å². The second kappa shape index (κ2) is 23.7. The smallest absolute Gasteiger partial charge is 0.303 e. The number of hydrogen-bond acceptors (Lipinski definition) is 12. The van der Waals surface area contributed by atoms with Crippen molar-refractivity contribution in [1.29, 1.82) is 0 Å². The molecule has 5 aliphatic carbocycles. The summed E-state index contributed by atoms with van der Waals surface area (Å²) >= 11 is 0. The second-order valence-electron chi connectivity index (χ2n) is 15.5. The molecule has 0 amide bonds. The van der Waals surface area contributed by atoms with Crippen molar-refractivity contribution in [2.75, 3.05) is 0 Å². The van der Waals surface area contributed by atoms with Gasteiger partial charge in [-0.2, -0.15) is 0 Å².